The van der Waals surface area contributed by atoms with Gasteiger partial charge in [0.05, 0.1) is 11.4 Å². The molecule has 0 aliphatic carbocycles. The third-order valence-electron chi connectivity index (χ3n) is 5.63. The van der Waals surface area contributed by atoms with Crippen LogP contribution in [0.2, 0.25) is 0 Å². The maximum Gasteiger partial charge on any atom is 0.230 e. The lowest BCUT2D eigenvalue weighted by molar-refractivity contribution is -0.115. The van der Waals surface area contributed by atoms with E-state index in [-0.39, 0.29) is 5.91 Å². The van der Waals surface area contributed by atoms with Gasteiger partial charge in [0, 0.05) is 51.6 Å². The highest BCUT2D eigenvalue weighted by molar-refractivity contribution is 7.14. The number of anilines is 2. The van der Waals surface area contributed by atoms with Crippen LogP contribution in [0.3, 0.4) is 0 Å². The lowest BCUT2D eigenvalue weighted by atomic mass is 10.2. The van der Waals surface area contributed by atoms with Crippen molar-refractivity contribution >= 4 is 34.1 Å². The van der Waals surface area contributed by atoms with E-state index in [9.17, 15) is 4.79 Å². The second-order valence-corrected chi connectivity index (χ2v) is 9.04. The van der Waals surface area contributed by atoms with Crippen molar-refractivity contribution in [3.8, 4) is 0 Å². The number of thiazole rings is 1. The molecule has 0 saturated carbocycles. The Morgan fingerprint density at radius 3 is 2.53 bits per heavy atom. The molecule has 3 aromatic rings. The summed E-state index contributed by atoms with van der Waals surface area (Å²) in [7, 11) is 0. The van der Waals surface area contributed by atoms with E-state index in [0.717, 1.165) is 61.3 Å². The summed E-state index contributed by atoms with van der Waals surface area (Å²) in [5.74, 6) is -0.0197. The van der Waals surface area contributed by atoms with Crippen LogP contribution < -0.4 is 4.90 Å². The van der Waals surface area contributed by atoms with Crippen molar-refractivity contribution < 1.29 is 4.79 Å². The smallest absolute Gasteiger partial charge is 0.230 e. The van der Waals surface area contributed by atoms with Gasteiger partial charge in [-0.3, -0.25) is 19.5 Å². The molecule has 1 aliphatic heterocycles. The second kappa shape index (κ2) is 10.7. The van der Waals surface area contributed by atoms with E-state index in [4.69, 9.17) is 4.98 Å². The first kappa shape index (κ1) is 22.4. The van der Waals surface area contributed by atoms with E-state index in [0.29, 0.717) is 0 Å². The maximum atomic E-state index is 12.3. The van der Waals surface area contributed by atoms with Crippen LogP contribution in [0.5, 0.6) is 0 Å². The third-order valence-corrected chi connectivity index (χ3v) is 6.50. The van der Waals surface area contributed by atoms with Gasteiger partial charge in [0.15, 0.2) is 5.13 Å². The average molecular weight is 447 g/mol. The number of rotatable bonds is 7. The van der Waals surface area contributed by atoms with E-state index in [2.05, 4.69) is 51.6 Å². The Morgan fingerprint density at radius 1 is 1.06 bits per heavy atom. The molecule has 1 saturated heterocycles. The summed E-state index contributed by atoms with van der Waals surface area (Å²) in [6, 6.07) is 18.4. The van der Waals surface area contributed by atoms with Crippen molar-refractivity contribution in [3.05, 3.63) is 82.9 Å². The van der Waals surface area contributed by atoms with Crippen LogP contribution in [0.15, 0.2) is 66.1 Å². The molecule has 0 unspecified atom stereocenters. The summed E-state index contributed by atoms with van der Waals surface area (Å²) in [4.78, 5) is 23.8. The maximum absolute atomic E-state index is 12.3. The van der Waals surface area contributed by atoms with Gasteiger partial charge in [-0.2, -0.15) is 0 Å². The van der Waals surface area contributed by atoms with Crippen molar-refractivity contribution in [2.75, 3.05) is 37.6 Å². The molecule has 1 aromatic heterocycles. The SMILES string of the molecule is CC(=O)N(c1cccc(C)c1)c1nc(CN2CCN(C/C=C/c3ccccc3)CC2)cs1. The topological polar surface area (TPSA) is 39.7 Å². The Morgan fingerprint density at radius 2 is 1.81 bits per heavy atom. The first-order valence-electron chi connectivity index (χ1n) is 11.1. The third kappa shape index (κ3) is 5.91. The van der Waals surface area contributed by atoms with E-state index < -0.39 is 0 Å². The van der Waals surface area contributed by atoms with Crippen molar-refractivity contribution in [2.45, 2.75) is 20.4 Å². The molecule has 0 N–H and O–H groups in total. The number of hydrogen-bond acceptors (Lipinski definition) is 5. The normalized spacial score (nSPS) is 15.3. The zero-order chi connectivity index (χ0) is 22.3. The van der Waals surface area contributed by atoms with Gasteiger partial charge in [-0.25, -0.2) is 4.98 Å². The van der Waals surface area contributed by atoms with E-state index in [1.54, 1.807) is 11.8 Å². The molecule has 166 valence electrons. The van der Waals surface area contributed by atoms with Gasteiger partial charge in [-0.15, -0.1) is 11.3 Å². The molecule has 6 heteroatoms. The van der Waals surface area contributed by atoms with Gasteiger partial charge < -0.3 is 0 Å². The van der Waals surface area contributed by atoms with Crippen LogP contribution in [0.1, 0.15) is 23.7 Å². The predicted octanol–water partition coefficient (Wildman–Crippen LogP) is 4.97. The van der Waals surface area contributed by atoms with Crippen LogP contribution >= 0.6 is 11.3 Å². The molecule has 0 radical (unpaired) electrons. The van der Waals surface area contributed by atoms with Gasteiger partial charge in [-0.1, -0.05) is 54.6 Å². The van der Waals surface area contributed by atoms with Crippen LogP contribution in [-0.2, 0) is 11.3 Å². The molecule has 0 atom stereocenters. The molecule has 0 bridgehead atoms. The minimum atomic E-state index is -0.0197. The van der Waals surface area contributed by atoms with Gasteiger partial charge in [0.2, 0.25) is 5.91 Å². The summed E-state index contributed by atoms with van der Waals surface area (Å²) in [6.07, 6.45) is 4.44. The van der Waals surface area contributed by atoms with Crippen LogP contribution in [-0.4, -0.2) is 53.4 Å². The Balaban J connectivity index is 1.30. The number of carbonyl (C=O) groups is 1. The van der Waals surface area contributed by atoms with Crippen LogP contribution in [0.25, 0.3) is 6.08 Å². The van der Waals surface area contributed by atoms with Gasteiger partial charge in [-0.05, 0) is 30.2 Å². The zero-order valence-electron chi connectivity index (χ0n) is 18.8. The quantitative estimate of drug-likeness (QED) is 0.514. The summed E-state index contributed by atoms with van der Waals surface area (Å²) < 4.78 is 0. The minimum absolute atomic E-state index is 0.0197. The number of hydrogen-bond donors (Lipinski definition) is 0. The highest BCUT2D eigenvalue weighted by Gasteiger charge is 2.20. The number of piperazine rings is 1. The van der Waals surface area contributed by atoms with Gasteiger partial charge in [0.1, 0.15) is 0 Å². The summed E-state index contributed by atoms with van der Waals surface area (Å²) in [5.41, 5.74) is 4.27. The number of nitrogens with zero attached hydrogens (tertiary/aromatic N) is 4. The van der Waals surface area contributed by atoms with Crippen LogP contribution in [0, 0.1) is 6.92 Å². The fourth-order valence-electron chi connectivity index (χ4n) is 3.93. The van der Waals surface area contributed by atoms with E-state index >= 15 is 0 Å². The minimum Gasteiger partial charge on any atom is -0.297 e. The summed E-state index contributed by atoms with van der Waals surface area (Å²) in [6.45, 7) is 9.59. The number of carbonyl (C=O) groups excluding carboxylic acids is 1. The molecule has 4 rings (SSSR count). The number of aryl methyl sites for hydroxylation is 1. The fraction of sp³-hybridized carbons (Fsp3) is 0.308. The zero-order valence-corrected chi connectivity index (χ0v) is 19.6. The number of benzene rings is 2. The molecule has 5 nitrogen and oxygen atoms in total. The van der Waals surface area contributed by atoms with Crippen molar-refractivity contribution in [1.82, 2.24) is 14.8 Å². The monoisotopic (exact) mass is 446 g/mol. The Hall–Kier alpha value is -2.80. The fourth-order valence-corrected chi connectivity index (χ4v) is 4.80. The van der Waals surface area contributed by atoms with Gasteiger partial charge in [0.25, 0.3) is 0 Å². The summed E-state index contributed by atoms with van der Waals surface area (Å²) >= 11 is 1.53. The van der Waals surface area contributed by atoms with E-state index in [1.165, 1.54) is 16.9 Å². The van der Waals surface area contributed by atoms with Crippen molar-refractivity contribution in [2.24, 2.45) is 0 Å². The average Bonchev–Trinajstić information content (AvgIpc) is 3.23. The molecule has 0 spiro atoms. The molecule has 2 heterocycles. The first-order chi connectivity index (χ1) is 15.6. The summed E-state index contributed by atoms with van der Waals surface area (Å²) in [5, 5.41) is 2.82. The molecule has 2 aromatic carbocycles. The molecular weight excluding hydrogens is 416 g/mol. The van der Waals surface area contributed by atoms with Crippen LogP contribution in [0.4, 0.5) is 10.8 Å². The molecule has 1 aliphatic rings. The number of amides is 1. The van der Waals surface area contributed by atoms with Gasteiger partial charge >= 0.3 is 0 Å². The van der Waals surface area contributed by atoms with E-state index in [1.807, 2.05) is 37.3 Å². The second-order valence-electron chi connectivity index (χ2n) is 8.20. The standard InChI is InChI=1S/C26H30N4OS/c1-21-8-6-12-25(18-21)30(22(2)31)26-27-24(20-32-26)19-29-16-14-28(15-17-29)13-7-11-23-9-4-3-5-10-23/h3-12,18,20H,13-17,19H2,1-2H3/b11-7+. The number of aromatic nitrogens is 1. The predicted molar refractivity (Wildman–Crippen MR) is 133 cm³/mol. The Labute approximate surface area is 194 Å². The molecule has 32 heavy (non-hydrogen) atoms. The largest absolute Gasteiger partial charge is 0.297 e. The highest BCUT2D eigenvalue weighted by atomic mass is 32.1. The molecular formula is C26H30N4OS. The lowest BCUT2D eigenvalue weighted by Crippen LogP contribution is -2.45. The molecule has 1 amide bonds. The Bertz CT molecular complexity index is 1050. The first-order valence-corrected chi connectivity index (χ1v) is 11.9. The Kier molecular flexibility index (Phi) is 7.47. The van der Waals surface area contributed by atoms with Crippen molar-refractivity contribution in [3.63, 3.8) is 0 Å². The molecule has 1 fully saturated rings. The van der Waals surface area contributed by atoms with Crippen molar-refractivity contribution in [1.29, 1.82) is 0 Å². The lowest BCUT2D eigenvalue weighted by Gasteiger charge is -2.33. The highest BCUT2D eigenvalue weighted by Crippen LogP contribution is 2.29.